The second-order valence-corrected chi connectivity index (χ2v) is 6.57. The third-order valence-corrected chi connectivity index (χ3v) is 5.08. The van der Waals surface area contributed by atoms with Crippen molar-refractivity contribution >= 4 is 29.2 Å². The molecule has 2 heterocycles. The van der Waals surface area contributed by atoms with Crippen LogP contribution in [0.15, 0.2) is 24.3 Å². The lowest BCUT2D eigenvalue weighted by atomic mass is 10.0. The second-order valence-electron chi connectivity index (χ2n) is 6.57. The highest BCUT2D eigenvalue weighted by molar-refractivity contribution is 6.02. The Hall–Kier alpha value is -1.56. The van der Waals surface area contributed by atoms with Gasteiger partial charge in [-0.05, 0) is 31.1 Å². The SMILES string of the molecule is CCN(CC)CC(O)Cn1c2c(c3ccccc31)CCN(C)C2=O.Cl. The molecule has 3 rings (SSSR count). The van der Waals surface area contributed by atoms with Crippen LogP contribution < -0.4 is 0 Å². The summed E-state index contributed by atoms with van der Waals surface area (Å²) in [7, 11) is 1.85. The number of likely N-dealkylation sites (N-methyl/N-ethyl adjacent to an activating group) is 2. The van der Waals surface area contributed by atoms with E-state index in [1.165, 1.54) is 0 Å². The first-order chi connectivity index (χ1) is 11.6. The van der Waals surface area contributed by atoms with Gasteiger partial charge in [0, 0.05) is 31.0 Å². The molecular formula is C19H28ClN3O2. The van der Waals surface area contributed by atoms with E-state index in [4.69, 9.17) is 0 Å². The summed E-state index contributed by atoms with van der Waals surface area (Å²) in [6, 6.07) is 8.14. The second kappa shape index (κ2) is 8.21. The predicted molar refractivity (Wildman–Crippen MR) is 104 cm³/mol. The van der Waals surface area contributed by atoms with Crippen molar-refractivity contribution in [3.8, 4) is 0 Å². The van der Waals surface area contributed by atoms with E-state index >= 15 is 0 Å². The first-order valence-electron chi connectivity index (χ1n) is 8.82. The third kappa shape index (κ3) is 3.68. The number of nitrogens with zero attached hydrogens (tertiary/aromatic N) is 3. The molecule has 0 fully saturated rings. The molecule has 0 radical (unpaired) electrons. The van der Waals surface area contributed by atoms with Gasteiger partial charge in [0.25, 0.3) is 5.91 Å². The van der Waals surface area contributed by atoms with Crippen LogP contribution in [0.5, 0.6) is 0 Å². The molecule has 1 aliphatic rings. The molecule has 0 spiro atoms. The van der Waals surface area contributed by atoms with E-state index in [9.17, 15) is 9.90 Å². The molecule has 1 aromatic heterocycles. The van der Waals surface area contributed by atoms with Gasteiger partial charge in [-0.1, -0.05) is 32.0 Å². The zero-order valence-corrected chi connectivity index (χ0v) is 16.1. The molecular weight excluding hydrogens is 338 g/mol. The van der Waals surface area contributed by atoms with Crippen molar-refractivity contribution in [2.24, 2.45) is 0 Å². The number of amides is 1. The largest absolute Gasteiger partial charge is 0.390 e. The van der Waals surface area contributed by atoms with Gasteiger partial charge in [0.2, 0.25) is 0 Å². The first-order valence-corrected chi connectivity index (χ1v) is 8.82. The summed E-state index contributed by atoms with van der Waals surface area (Å²) >= 11 is 0. The lowest BCUT2D eigenvalue weighted by molar-refractivity contribution is 0.0754. The number of fused-ring (bicyclic) bond motifs is 3. The van der Waals surface area contributed by atoms with Gasteiger partial charge < -0.3 is 19.5 Å². The van der Waals surface area contributed by atoms with Crippen LogP contribution >= 0.6 is 12.4 Å². The van der Waals surface area contributed by atoms with Crippen molar-refractivity contribution in [3.05, 3.63) is 35.5 Å². The molecule has 1 aliphatic heterocycles. The van der Waals surface area contributed by atoms with Gasteiger partial charge in [-0.3, -0.25) is 4.79 Å². The maximum absolute atomic E-state index is 12.7. The molecule has 0 saturated carbocycles. The molecule has 1 N–H and O–H groups in total. The number of benzene rings is 1. The topological polar surface area (TPSA) is 48.7 Å². The van der Waals surface area contributed by atoms with E-state index < -0.39 is 6.10 Å². The normalized spacial score (nSPS) is 15.4. The van der Waals surface area contributed by atoms with Crippen LogP contribution in [0, 0.1) is 0 Å². The molecule has 5 nitrogen and oxygen atoms in total. The van der Waals surface area contributed by atoms with Crippen molar-refractivity contribution in [1.82, 2.24) is 14.4 Å². The summed E-state index contributed by atoms with van der Waals surface area (Å²) in [4.78, 5) is 16.7. The van der Waals surface area contributed by atoms with Crippen LogP contribution in [0.2, 0.25) is 0 Å². The first kappa shape index (κ1) is 19.8. The van der Waals surface area contributed by atoms with Gasteiger partial charge in [0.15, 0.2) is 0 Å². The van der Waals surface area contributed by atoms with Crippen molar-refractivity contribution in [2.75, 3.05) is 33.2 Å². The fourth-order valence-corrected chi connectivity index (χ4v) is 3.67. The molecule has 1 aromatic carbocycles. The maximum atomic E-state index is 12.7. The minimum absolute atomic E-state index is 0. The van der Waals surface area contributed by atoms with Crippen LogP contribution in [0.3, 0.4) is 0 Å². The van der Waals surface area contributed by atoms with Crippen LogP contribution in [0.1, 0.15) is 29.9 Å². The zero-order chi connectivity index (χ0) is 17.3. The Morgan fingerprint density at radius 2 is 1.92 bits per heavy atom. The standard InChI is InChI=1S/C19H27N3O2.ClH/c1-4-21(5-2)12-14(23)13-22-17-9-7-6-8-15(17)16-10-11-20(3)19(24)18(16)22;/h6-9,14,23H,4-5,10-13H2,1-3H3;1H. The number of halogens is 1. The van der Waals surface area contributed by atoms with E-state index in [1.54, 1.807) is 4.90 Å². The van der Waals surface area contributed by atoms with E-state index in [0.717, 1.165) is 48.2 Å². The smallest absolute Gasteiger partial charge is 0.270 e. The average molecular weight is 366 g/mol. The number of hydrogen-bond donors (Lipinski definition) is 1. The summed E-state index contributed by atoms with van der Waals surface area (Å²) < 4.78 is 2.02. The minimum Gasteiger partial charge on any atom is -0.390 e. The van der Waals surface area contributed by atoms with Crippen LogP contribution in [0.4, 0.5) is 0 Å². The summed E-state index contributed by atoms with van der Waals surface area (Å²) in [6.45, 7) is 7.86. The Morgan fingerprint density at radius 1 is 1.24 bits per heavy atom. The summed E-state index contributed by atoms with van der Waals surface area (Å²) in [5, 5.41) is 11.7. The number of carbonyl (C=O) groups is 1. The van der Waals surface area contributed by atoms with Crippen LogP contribution in [-0.4, -0.2) is 64.7 Å². The Labute approximate surface area is 155 Å². The quantitative estimate of drug-likeness (QED) is 0.855. The maximum Gasteiger partial charge on any atom is 0.270 e. The van der Waals surface area contributed by atoms with Gasteiger partial charge >= 0.3 is 0 Å². The van der Waals surface area contributed by atoms with E-state index in [-0.39, 0.29) is 18.3 Å². The zero-order valence-electron chi connectivity index (χ0n) is 15.2. The highest BCUT2D eigenvalue weighted by Crippen LogP contribution is 2.30. The fourth-order valence-electron chi connectivity index (χ4n) is 3.67. The van der Waals surface area contributed by atoms with Crippen molar-refractivity contribution in [2.45, 2.75) is 32.9 Å². The fraction of sp³-hybridized carbons (Fsp3) is 0.526. The number of para-hydroxylation sites is 1. The Kier molecular flexibility index (Phi) is 6.49. The van der Waals surface area contributed by atoms with Crippen LogP contribution in [0.25, 0.3) is 10.9 Å². The van der Waals surface area contributed by atoms with Crippen molar-refractivity contribution < 1.29 is 9.90 Å². The number of rotatable bonds is 6. The third-order valence-electron chi connectivity index (χ3n) is 5.08. The lowest BCUT2D eigenvalue weighted by Crippen LogP contribution is -2.38. The highest BCUT2D eigenvalue weighted by Gasteiger charge is 2.29. The number of hydrogen-bond acceptors (Lipinski definition) is 3. The Balaban J connectivity index is 0.00000225. The monoisotopic (exact) mass is 365 g/mol. The van der Waals surface area contributed by atoms with Gasteiger partial charge in [-0.25, -0.2) is 0 Å². The number of aromatic nitrogens is 1. The molecule has 0 saturated heterocycles. The summed E-state index contributed by atoms with van der Waals surface area (Å²) in [6.07, 6.45) is 0.377. The van der Waals surface area contributed by atoms with E-state index in [2.05, 4.69) is 24.8 Å². The number of aliphatic hydroxyl groups excluding tert-OH is 1. The van der Waals surface area contributed by atoms with Gasteiger partial charge in [0.1, 0.15) is 5.69 Å². The molecule has 1 unspecified atom stereocenters. The summed E-state index contributed by atoms with van der Waals surface area (Å²) in [5.74, 6) is 0.0579. The number of carbonyl (C=O) groups excluding carboxylic acids is 1. The highest BCUT2D eigenvalue weighted by atomic mass is 35.5. The average Bonchev–Trinajstić information content (AvgIpc) is 2.90. The summed E-state index contributed by atoms with van der Waals surface area (Å²) in [5.41, 5.74) is 2.93. The van der Waals surface area contributed by atoms with Crippen LogP contribution in [-0.2, 0) is 13.0 Å². The molecule has 0 aliphatic carbocycles. The van der Waals surface area contributed by atoms with E-state index in [0.29, 0.717) is 13.1 Å². The molecule has 6 heteroatoms. The van der Waals surface area contributed by atoms with Gasteiger partial charge in [0.05, 0.1) is 12.6 Å². The van der Waals surface area contributed by atoms with Crippen molar-refractivity contribution in [3.63, 3.8) is 0 Å². The van der Waals surface area contributed by atoms with Crippen molar-refractivity contribution in [1.29, 1.82) is 0 Å². The molecule has 25 heavy (non-hydrogen) atoms. The number of aliphatic hydroxyl groups is 1. The van der Waals surface area contributed by atoms with Gasteiger partial charge in [-0.15, -0.1) is 12.4 Å². The van der Waals surface area contributed by atoms with Gasteiger partial charge in [-0.2, -0.15) is 0 Å². The lowest BCUT2D eigenvalue weighted by Gasteiger charge is -2.26. The predicted octanol–water partition coefficient (Wildman–Crippen LogP) is 2.39. The molecule has 1 amide bonds. The Morgan fingerprint density at radius 3 is 2.60 bits per heavy atom. The Bertz CT molecular complexity index is 740. The molecule has 2 aromatic rings. The van der Waals surface area contributed by atoms with E-state index in [1.807, 2.05) is 29.8 Å². The molecule has 1 atom stereocenters. The molecule has 0 bridgehead atoms. The minimum atomic E-state index is -0.496. The molecule has 138 valence electrons.